The maximum atomic E-state index is 12.4. The lowest BCUT2D eigenvalue weighted by Gasteiger charge is -2.16. The summed E-state index contributed by atoms with van der Waals surface area (Å²) in [6, 6.07) is 12.0. The minimum atomic E-state index is -0.981. The molecule has 1 N–H and O–H groups in total. The Labute approximate surface area is 162 Å². The summed E-state index contributed by atoms with van der Waals surface area (Å²) in [4.78, 5) is 25.6. The number of carbonyl (C=O) groups is 2. The number of ether oxygens (including phenoxy) is 2. The number of halogens is 1. The second kappa shape index (κ2) is 9.50. The summed E-state index contributed by atoms with van der Waals surface area (Å²) in [5.41, 5.74) is 0.856. The summed E-state index contributed by atoms with van der Waals surface area (Å²) in [7, 11) is 1.49. The lowest BCUT2D eigenvalue weighted by Crippen LogP contribution is -2.30. The van der Waals surface area contributed by atoms with Gasteiger partial charge < -0.3 is 14.8 Å². The van der Waals surface area contributed by atoms with Gasteiger partial charge in [0.1, 0.15) is 5.75 Å². The van der Waals surface area contributed by atoms with Crippen molar-refractivity contribution < 1.29 is 19.1 Å². The highest BCUT2D eigenvalue weighted by Gasteiger charge is 2.21. The van der Waals surface area contributed by atoms with Gasteiger partial charge in [-0.2, -0.15) is 0 Å². The minimum absolute atomic E-state index is 0.412. The van der Waals surface area contributed by atoms with Crippen LogP contribution in [0, 0.1) is 0 Å². The normalized spacial score (nSPS) is 11.5. The first-order chi connectivity index (χ1) is 12.5. The lowest BCUT2D eigenvalue weighted by molar-refractivity contribution is -0.123. The molecule has 0 aromatic heterocycles. The van der Waals surface area contributed by atoms with Crippen molar-refractivity contribution in [1.82, 2.24) is 0 Å². The Hall–Kier alpha value is -2.18. The molecule has 138 valence electrons. The Kier molecular flexibility index (Phi) is 7.36. The van der Waals surface area contributed by atoms with Gasteiger partial charge in [-0.25, -0.2) is 4.79 Å². The third kappa shape index (κ3) is 5.16. The van der Waals surface area contributed by atoms with E-state index in [9.17, 15) is 9.59 Å². The molecule has 0 saturated carbocycles. The number of thioether (sulfide) groups is 1. The van der Waals surface area contributed by atoms with Crippen molar-refractivity contribution in [1.29, 1.82) is 0 Å². The van der Waals surface area contributed by atoms with Crippen LogP contribution in [0.1, 0.15) is 24.2 Å². The molecule has 0 aliphatic heterocycles. The number of anilines is 1. The van der Waals surface area contributed by atoms with Crippen LogP contribution < -0.4 is 10.1 Å². The highest BCUT2D eigenvalue weighted by molar-refractivity contribution is 7.99. The Morgan fingerprint density at radius 1 is 1.23 bits per heavy atom. The van der Waals surface area contributed by atoms with Crippen LogP contribution in [0.4, 0.5) is 5.69 Å². The van der Waals surface area contributed by atoms with E-state index >= 15 is 0 Å². The Balaban J connectivity index is 2.08. The summed E-state index contributed by atoms with van der Waals surface area (Å²) in [6.07, 6.45) is -0.981. The topological polar surface area (TPSA) is 64.6 Å². The molecular formula is C19H20ClNO4S. The van der Waals surface area contributed by atoms with E-state index < -0.39 is 18.0 Å². The smallest absolute Gasteiger partial charge is 0.340 e. The molecule has 2 rings (SSSR count). The molecule has 7 heteroatoms. The quantitative estimate of drug-likeness (QED) is 0.548. The number of nitrogens with one attached hydrogen (secondary N) is 1. The monoisotopic (exact) mass is 393 g/mol. The van der Waals surface area contributed by atoms with Crippen LogP contribution in [0.3, 0.4) is 0 Å². The Bertz CT molecular complexity index is 797. The number of rotatable bonds is 7. The minimum Gasteiger partial charge on any atom is -0.495 e. The predicted molar refractivity (Wildman–Crippen MR) is 104 cm³/mol. The van der Waals surface area contributed by atoms with Crippen LogP contribution >= 0.6 is 23.4 Å². The van der Waals surface area contributed by atoms with E-state index in [2.05, 4.69) is 5.32 Å². The third-order valence-corrected chi connectivity index (χ3v) is 4.67. The average molecular weight is 394 g/mol. The highest BCUT2D eigenvalue weighted by Crippen LogP contribution is 2.28. The molecule has 0 spiro atoms. The van der Waals surface area contributed by atoms with Gasteiger partial charge in [0.05, 0.1) is 18.4 Å². The van der Waals surface area contributed by atoms with E-state index in [4.69, 9.17) is 21.1 Å². The summed E-state index contributed by atoms with van der Waals surface area (Å²) in [5.74, 6) is 0.280. The fourth-order valence-electron chi connectivity index (χ4n) is 2.21. The number of esters is 1. The van der Waals surface area contributed by atoms with Crippen LogP contribution in [-0.4, -0.2) is 30.8 Å². The number of hydrogen-bond donors (Lipinski definition) is 1. The number of methoxy groups -OCH3 is 1. The largest absolute Gasteiger partial charge is 0.495 e. The maximum Gasteiger partial charge on any atom is 0.340 e. The van der Waals surface area contributed by atoms with Gasteiger partial charge in [0, 0.05) is 9.92 Å². The second-order valence-corrected chi connectivity index (χ2v) is 7.05. The van der Waals surface area contributed by atoms with Gasteiger partial charge in [-0.15, -0.1) is 11.8 Å². The van der Waals surface area contributed by atoms with Crippen molar-refractivity contribution in [3.05, 3.63) is 53.1 Å². The first-order valence-electron chi connectivity index (χ1n) is 8.03. The maximum absolute atomic E-state index is 12.4. The number of carbonyl (C=O) groups excluding carboxylic acids is 2. The zero-order valence-electron chi connectivity index (χ0n) is 14.7. The molecule has 0 fully saturated rings. The second-order valence-electron chi connectivity index (χ2n) is 5.31. The first kappa shape index (κ1) is 20.1. The van der Waals surface area contributed by atoms with E-state index in [1.807, 2.05) is 19.1 Å². The van der Waals surface area contributed by atoms with Gasteiger partial charge in [0.25, 0.3) is 5.91 Å². The van der Waals surface area contributed by atoms with Gasteiger partial charge in [-0.1, -0.05) is 30.7 Å². The van der Waals surface area contributed by atoms with Crippen molar-refractivity contribution in [2.24, 2.45) is 0 Å². The first-order valence-corrected chi connectivity index (χ1v) is 9.39. The van der Waals surface area contributed by atoms with Crippen molar-refractivity contribution in [3.63, 3.8) is 0 Å². The third-order valence-electron chi connectivity index (χ3n) is 3.48. The molecule has 5 nitrogen and oxygen atoms in total. The van der Waals surface area contributed by atoms with Crippen LogP contribution in [-0.2, 0) is 9.53 Å². The summed E-state index contributed by atoms with van der Waals surface area (Å²) < 4.78 is 10.5. The van der Waals surface area contributed by atoms with Gasteiger partial charge in [0.15, 0.2) is 6.10 Å². The average Bonchev–Trinajstić information content (AvgIpc) is 2.62. The van der Waals surface area contributed by atoms with Gasteiger partial charge in [-0.05, 0) is 43.0 Å². The van der Waals surface area contributed by atoms with Gasteiger partial charge in [0.2, 0.25) is 0 Å². The molecule has 0 aliphatic carbocycles. The zero-order chi connectivity index (χ0) is 19.1. The van der Waals surface area contributed by atoms with Crippen molar-refractivity contribution in [2.45, 2.75) is 24.8 Å². The zero-order valence-corrected chi connectivity index (χ0v) is 16.3. The van der Waals surface area contributed by atoms with Gasteiger partial charge >= 0.3 is 5.97 Å². The van der Waals surface area contributed by atoms with Crippen molar-refractivity contribution in [3.8, 4) is 5.75 Å². The van der Waals surface area contributed by atoms with Crippen LogP contribution in [0.25, 0.3) is 0 Å². The fourth-order valence-corrected chi connectivity index (χ4v) is 3.17. The molecule has 0 saturated heterocycles. The molecule has 1 atom stereocenters. The molecule has 1 amide bonds. The number of benzene rings is 2. The standard InChI is InChI=1S/C19H20ClNO4S/c1-4-26-17-8-6-5-7-14(17)19(23)25-12(2)18(22)21-15-11-13(20)9-10-16(15)24-3/h5-12H,4H2,1-3H3,(H,21,22)/t12-/m1/s1. The SMILES string of the molecule is CCSc1ccccc1C(=O)O[C@H](C)C(=O)Nc1cc(Cl)ccc1OC. The molecular weight excluding hydrogens is 374 g/mol. The molecule has 0 bridgehead atoms. The van der Waals surface area contributed by atoms with E-state index in [1.165, 1.54) is 14.0 Å². The van der Waals surface area contributed by atoms with E-state index in [0.29, 0.717) is 22.0 Å². The molecule has 2 aromatic carbocycles. The molecule has 0 heterocycles. The number of hydrogen-bond acceptors (Lipinski definition) is 5. The van der Waals surface area contributed by atoms with E-state index in [-0.39, 0.29) is 0 Å². The molecule has 0 radical (unpaired) electrons. The summed E-state index contributed by atoms with van der Waals surface area (Å²) >= 11 is 7.50. The van der Waals surface area contributed by atoms with Crippen molar-refractivity contribution >= 4 is 40.9 Å². The molecule has 2 aromatic rings. The predicted octanol–water partition coefficient (Wildman–Crippen LogP) is 4.64. The Morgan fingerprint density at radius 2 is 1.96 bits per heavy atom. The van der Waals surface area contributed by atoms with Crippen LogP contribution in [0.2, 0.25) is 5.02 Å². The number of amides is 1. The molecule has 0 unspecified atom stereocenters. The molecule has 26 heavy (non-hydrogen) atoms. The summed E-state index contributed by atoms with van der Waals surface area (Å²) in [6.45, 7) is 3.51. The van der Waals surface area contributed by atoms with Crippen LogP contribution in [0.15, 0.2) is 47.4 Å². The summed E-state index contributed by atoms with van der Waals surface area (Å²) in [5, 5.41) is 3.12. The van der Waals surface area contributed by atoms with Gasteiger partial charge in [-0.3, -0.25) is 4.79 Å². The lowest BCUT2D eigenvalue weighted by atomic mass is 10.2. The van der Waals surface area contributed by atoms with E-state index in [0.717, 1.165) is 10.6 Å². The Morgan fingerprint density at radius 3 is 2.65 bits per heavy atom. The highest BCUT2D eigenvalue weighted by atomic mass is 35.5. The fraction of sp³-hybridized carbons (Fsp3) is 0.263. The van der Waals surface area contributed by atoms with E-state index in [1.54, 1.807) is 42.1 Å². The molecule has 0 aliphatic rings. The van der Waals surface area contributed by atoms with Crippen molar-refractivity contribution in [2.75, 3.05) is 18.2 Å². The van der Waals surface area contributed by atoms with Crippen LogP contribution in [0.5, 0.6) is 5.75 Å².